The molecule has 0 bridgehead atoms. The van der Waals surface area contributed by atoms with Crippen LogP contribution >= 0.6 is 0 Å². The van der Waals surface area contributed by atoms with Crippen LogP contribution in [0.25, 0.3) is 11.1 Å². The van der Waals surface area contributed by atoms with Gasteiger partial charge in [-0.15, -0.1) is 4.99 Å². The first-order valence-corrected chi connectivity index (χ1v) is 8.69. The zero-order valence-corrected chi connectivity index (χ0v) is 15.8. The van der Waals surface area contributed by atoms with Gasteiger partial charge in [0.15, 0.2) is 0 Å². The highest BCUT2D eigenvalue weighted by Crippen LogP contribution is 2.32. The molecule has 1 saturated heterocycles. The number of hydrogen-bond acceptors (Lipinski definition) is 7. The van der Waals surface area contributed by atoms with Gasteiger partial charge in [-0.2, -0.15) is 10.2 Å². The van der Waals surface area contributed by atoms with Crippen LogP contribution in [0.4, 0.5) is 11.8 Å². The molecule has 0 atom stereocenters. The molecule has 27 heavy (non-hydrogen) atoms. The summed E-state index contributed by atoms with van der Waals surface area (Å²) in [7, 11) is 3.77. The van der Waals surface area contributed by atoms with E-state index >= 15 is 0 Å². The maximum atomic E-state index is 8.93. The molecule has 2 N–H and O–H groups in total. The smallest absolute Gasteiger partial charge is 0.222 e. The molecule has 2 aromatic heterocycles. The van der Waals surface area contributed by atoms with Gasteiger partial charge in [-0.05, 0) is 13.0 Å². The van der Waals surface area contributed by atoms with E-state index in [1.165, 1.54) is 0 Å². The number of nitrogens with zero attached hydrogens (tertiary/aromatic N) is 8. The van der Waals surface area contributed by atoms with Crippen LogP contribution in [0.2, 0.25) is 0 Å². The van der Waals surface area contributed by atoms with Crippen LogP contribution in [0.1, 0.15) is 5.69 Å². The maximum Gasteiger partial charge on any atom is 0.222 e. The van der Waals surface area contributed by atoms with Crippen molar-refractivity contribution in [2.45, 2.75) is 6.92 Å². The zero-order valence-electron chi connectivity index (χ0n) is 15.8. The predicted molar refractivity (Wildman–Crippen MR) is 105 cm³/mol. The molecule has 0 saturated carbocycles. The summed E-state index contributed by atoms with van der Waals surface area (Å²) in [5.41, 5.74) is 8.67. The van der Waals surface area contributed by atoms with Gasteiger partial charge in [-0.25, -0.2) is 4.98 Å². The molecule has 2 aromatic rings. The first-order chi connectivity index (χ1) is 13.0. The first kappa shape index (κ1) is 18.4. The van der Waals surface area contributed by atoms with Gasteiger partial charge in [0.2, 0.25) is 18.1 Å². The van der Waals surface area contributed by atoms with Crippen LogP contribution in [0.3, 0.4) is 0 Å². The van der Waals surface area contributed by atoms with Gasteiger partial charge in [-0.1, -0.05) is 6.07 Å². The molecule has 0 radical (unpaired) electrons. The van der Waals surface area contributed by atoms with Crippen LogP contribution in [-0.4, -0.2) is 71.0 Å². The lowest BCUT2D eigenvalue weighted by atomic mass is 10.1. The average molecular weight is 365 g/mol. The molecule has 140 valence electrons. The van der Waals surface area contributed by atoms with Gasteiger partial charge in [0, 0.05) is 63.8 Å². The van der Waals surface area contributed by atoms with Gasteiger partial charge < -0.3 is 20.4 Å². The third kappa shape index (κ3) is 3.89. The van der Waals surface area contributed by atoms with E-state index in [1.807, 2.05) is 50.4 Å². The minimum atomic E-state index is 0.262. The highest BCUT2D eigenvalue weighted by atomic mass is 15.4. The van der Waals surface area contributed by atoms with Crippen molar-refractivity contribution in [3.63, 3.8) is 0 Å². The molecule has 9 nitrogen and oxygen atoms in total. The molecule has 0 unspecified atom stereocenters. The molecule has 3 rings (SSSR count). The Morgan fingerprint density at radius 1 is 1.26 bits per heavy atom. The number of guanidine groups is 1. The molecule has 1 aliphatic rings. The van der Waals surface area contributed by atoms with E-state index in [0.29, 0.717) is 5.96 Å². The van der Waals surface area contributed by atoms with Gasteiger partial charge in [0.05, 0.1) is 5.69 Å². The lowest BCUT2D eigenvalue weighted by Crippen LogP contribution is -2.52. The summed E-state index contributed by atoms with van der Waals surface area (Å²) in [6.07, 6.45) is 5.44. The predicted octanol–water partition coefficient (Wildman–Crippen LogP) is 0.950. The van der Waals surface area contributed by atoms with Crippen molar-refractivity contribution in [1.82, 2.24) is 24.8 Å². The molecule has 1 fully saturated rings. The van der Waals surface area contributed by atoms with Crippen molar-refractivity contribution in [1.29, 1.82) is 5.26 Å². The quantitative estimate of drug-likeness (QED) is 0.476. The number of nitrogen functional groups attached to an aromatic ring is 1. The molecule has 0 amide bonds. The number of aliphatic imine (C=N–C) groups is 1. The Morgan fingerprint density at radius 3 is 2.59 bits per heavy atom. The van der Waals surface area contributed by atoms with Crippen molar-refractivity contribution in [2.24, 2.45) is 4.99 Å². The van der Waals surface area contributed by atoms with Crippen LogP contribution in [-0.2, 0) is 0 Å². The van der Waals surface area contributed by atoms with E-state index in [9.17, 15) is 0 Å². The van der Waals surface area contributed by atoms with Gasteiger partial charge in [0.25, 0.3) is 0 Å². The number of aryl methyl sites for hydroxylation is 1. The minimum absolute atomic E-state index is 0.262. The van der Waals surface area contributed by atoms with E-state index < -0.39 is 0 Å². The highest BCUT2D eigenvalue weighted by Gasteiger charge is 2.25. The molecule has 1 aliphatic heterocycles. The van der Waals surface area contributed by atoms with E-state index in [4.69, 9.17) is 11.0 Å². The monoisotopic (exact) mass is 365 g/mol. The van der Waals surface area contributed by atoms with Crippen LogP contribution in [0.15, 0.2) is 29.5 Å². The fourth-order valence-electron chi connectivity index (χ4n) is 3.27. The number of nitriles is 1. The summed E-state index contributed by atoms with van der Waals surface area (Å²) in [4.78, 5) is 23.2. The second-order valence-corrected chi connectivity index (χ2v) is 6.49. The van der Waals surface area contributed by atoms with Crippen molar-refractivity contribution in [2.75, 3.05) is 50.9 Å². The third-order valence-corrected chi connectivity index (χ3v) is 4.45. The topological polar surface area (TPSA) is 111 Å². The zero-order chi connectivity index (χ0) is 19.4. The number of rotatable bonds is 2. The summed E-state index contributed by atoms with van der Waals surface area (Å²) in [6, 6.07) is 3.90. The van der Waals surface area contributed by atoms with Gasteiger partial charge in [0.1, 0.15) is 5.82 Å². The van der Waals surface area contributed by atoms with Crippen molar-refractivity contribution < 1.29 is 0 Å². The largest absolute Gasteiger partial charge is 0.368 e. The Bertz CT molecular complexity index is 862. The normalized spacial score (nSPS) is 14.8. The standard InChI is InChI=1S/C18H23N9/c1-13-15(14-5-4-6-21-11-14)16(24-17(20)23-13)26-7-9-27(10-8-26)18(22-12-19)25(2)3/h4-6,11H,7-10H2,1-3H3,(H2,20,23,24)/b22-18-. The highest BCUT2D eigenvalue weighted by molar-refractivity contribution is 5.81. The van der Waals surface area contributed by atoms with Crippen molar-refractivity contribution >= 4 is 17.7 Å². The number of pyridine rings is 1. The van der Waals surface area contributed by atoms with Crippen molar-refractivity contribution in [3.8, 4) is 17.3 Å². The molecular weight excluding hydrogens is 342 g/mol. The third-order valence-electron chi connectivity index (χ3n) is 4.45. The second kappa shape index (κ2) is 7.86. The van der Waals surface area contributed by atoms with E-state index in [1.54, 1.807) is 6.20 Å². The SMILES string of the molecule is Cc1nc(N)nc(N2CCN(/C(=N\C#N)N(C)C)CC2)c1-c1cccnc1. The molecule has 0 aromatic carbocycles. The lowest BCUT2D eigenvalue weighted by molar-refractivity contribution is 0.343. The summed E-state index contributed by atoms with van der Waals surface area (Å²) in [5, 5.41) is 8.93. The summed E-state index contributed by atoms with van der Waals surface area (Å²) < 4.78 is 0. The number of hydrogen-bond donors (Lipinski definition) is 1. The molecular formula is C18H23N9. The Hall–Kier alpha value is -3.41. The molecule has 0 aliphatic carbocycles. The van der Waals surface area contributed by atoms with Crippen LogP contribution in [0, 0.1) is 18.4 Å². The fourth-order valence-corrected chi connectivity index (χ4v) is 3.27. The summed E-state index contributed by atoms with van der Waals surface area (Å²) in [5.74, 6) is 1.75. The van der Waals surface area contributed by atoms with E-state index in [0.717, 1.165) is 48.8 Å². The number of aromatic nitrogens is 3. The summed E-state index contributed by atoms with van der Waals surface area (Å²) in [6.45, 7) is 4.87. The van der Waals surface area contributed by atoms with Crippen LogP contribution < -0.4 is 10.6 Å². The van der Waals surface area contributed by atoms with E-state index in [-0.39, 0.29) is 5.95 Å². The fraction of sp³-hybridized carbons (Fsp3) is 0.389. The Morgan fingerprint density at radius 2 is 2.00 bits per heavy atom. The second-order valence-electron chi connectivity index (χ2n) is 6.49. The summed E-state index contributed by atoms with van der Waals surface area (Å²) >= 11 is 0. The van der Waals surface area contributed by atoms with Gasteiger partial charge >= 0.3 is 0 Å². The minimum Gasteiger partial charge on any atom is -0.368 e. The lowest BCUT2D eigenvalue weighted by Gasteiger charge is -2.38. The Kier molecular flexibility index (Phi) is 5.35. The Labute approximate surface area is 158 Å². The van der Waals surface area contributed by atoms with Crippen molar-refractivity contribution in [3.05, 3.63) is 30.2 Å². The molecule has 9 heteroatoms. The average Bonchev–Trinajstić information content (AvgIpc) is 2.66. The number of anilines is 2. The number of piperazine rings is 1. The maximum absolute atomic E-state index is 8.93. The number of nitrogens with two attached hydrogens (primary N) is 1. The van der Waals surface area contributed by atoms with Crippen LogP contribution in [0.5, 0.6) is 0 Å². The van der Waals surface area contributed by atoms with Gasteiger partial charge in [-0.3, -0.25) is 4.98 Å². The Balaban J connectivity index is 1.89. The molecule has 0 spiro atoms. The van der Waals surface area contributed by atoms with E-state index in [2.05, 4.69) is 29.7 Å². The first-order valence-electron chi connectivity index (χ1n) is 8.69. The molecule has 3 heterocycles.